The van der Waals surface area contributed by atoms with Gasteiger partial charge in [-0.15, -0.1) is 0 Å². The molecular formula is C25H34ClFO4. The van der Waals surface area contributed by atoms with Crippen molar-refractivity contribution >= 4 is 23.4 Å². The van der Waals surface area contributed by atoms with Crippen LogP contribution >= 0.6 is 11.6 Å². The lowest BCUT2D eigenvalue weighted by atomic mass is 9.47. The lowest BCUT2D eigenvalue weighted by Gasteiger charge is -2.57. The van der Waals surface area contributed by atoms with Crippen molar-refractivity contribution in [3.8, 4) is 0 Å². The summed E-state index contributed by atoms with van der Waals surface area (Å²) < 4.78 is 21.4. The highest BCUT2D eigenvalue weighted by atomic mass is 35.5. The molecule has 0 spiro atoms. The number of ketones is 1. The summed E-state index contributed by atoms with van der Waals surface area (Å²) in [5.41, 5.74) is 0.451. The molecule has 3 saturated carbocycles. The molecule has 1 N–H and O–H groups in total. The molecule has 172 valence electrons. The summed E-state index contributed by atoms with van der Waals surface area (Å²) in [6.45, 7) is 7.77. The van der Waals surface area contributed by atoms with Gasteiger partial charge in [0.2, 0.25) is 0 Å². The largest absolute Gasteiger partial charge is 0.462 e. The van der Waals surface area contributed by atoms with Crippen LogP contribution in [0.1, 0.15) is 72.6 Å². The molecule has 0 heterocycles. The number of fused-ring (bicyclic) bond motifs is 5. The Balaban J connectivity index is 1.64. The molecule has 8 atom stereocenters. The summed E-state index contributed by atoms with van der Waals surface area (Å²) >= 11 is 6.46. The number of allylic oxidation sites excluding steroid dienone is 4. The molecule has 4 rings (SSSR count). The number of rotatable bonds is 4. The van der Waals surface area contributed by atoms with E-state index in [1.54, 1.807) is 6.92 Å². The van der Waals surface area contributed by atoms with Crippen molar-refractivity contribution in [2.45, 2.75) is 91.0 Å². The summed E-state index contributed by atoms with van der Waals surface area (Å²) in [5, 5.41) is 9.61. The SMILES string of the molecule is CCC1=C[C@@]2(C)C(=C(Cl)C1=O)[C@@H](F)C[C@H]1[C@@H]3CC[C@@H](OC(=O)CC(C)O)[C@@]3(C)CC[C@@H]12. The summed E-state index contributed by atoms with van der Waals surface area (Å²) in [6.07, 6.45) is 4.32. The predicted molar refractivity (Wildman–Crippen MR) is 117 cm³/mol. The molecule has 0 bridgehead atoms. The summed E-state index contributed by atoms with van der Waals surface area (Å²) in [7, 11) is 0. The number of ether oxygens (including phenoxy) is 1. The minimum absolute atomic E-state index is 0.000796. The summed E-state index contributed by atoms with van der Waals surface area (Å²) in [4.78, 5) is 24.9. The highest BCUT2D eigenvalue weighted by molar-refractivity contribution is 6.46. The monoisotopic (exact) mass is 452 g/mol. The lowest BCUT2D eigenvalue weighted by Crippen LogP contribution is -2.53. The maximum atomic E-state index is 15.6. The molecule has 0 aliphatic heterocycles. The third-order valence-electron chi connectivity index (χ3n) is 8.81. The molecular weight excluding hydrogens is 419 g/mol. The quantitative estimate of drug-likeness (QED) is 0.590. The molecule has 4 nitrogen and oxygen atoms in total. The molecule has 6 heteroatoms. The zero-order valence-corrected chi connectivity index (χ0v) is 19.7. The van der Waals surface area contributed by atoms with E-state index in [0.29, 0.717) is 24.0 Å². The second-order valence-corrected chi connectivity index (χ2v) is 11.0. The number of Topliss-reactive ketones (excluding diaryl/α,β-unsaturated/α-hetero) is 1. The van der Waals surface area contributed by atoms with Crippen LogP contribution in [0.2, 0.25) is 0 Å². The maximum Gasteiger partial charge on any atom is 0.308 e. The van der Waals surface area contributed by atoms with Gasteiger partial charge in [0.05, 0.1) is 17.6 Å². The van der Waals surface area contributed by atoms with Crippen LogP contribution in [0.15, 0.2) is 22.3 Å². The first-order valence-electron chi connectivity index (χ1n) is 11.7. The van der Waals surface area contributed by atoms with Crippen molar-refractivity contribution in [1.82, 2.24) is 0 Å². The highest BCUT2D eigenvalue weighted by Gasteiger charge is 2.62. The van der Waals surface area contributed by atoms with Crippen LogP contribution in [0, 0.1) is 28.6 Å². The van der Waals surface area contributed by atoms with E-state index in [1.165, 1.54) is 0 Å². The van der Waals surface area contributed by atoms with Crippen molar-refractivity contribution in [2.24, 2.45) is 28.6 Å². The fourth-order valence-electron chi connectivity index (χ4n) is 7.36. The van der Waals surface area contributed by atoms with Crippen molar-refractivity contribution in [3.05, 3.63) is 22.3 Å². The van der Waals surface area contributed by atoms with Gasteiger partial charge in [-0.05, 0) is 74.3 Å². The van der Waals surface area contributed by atoms with Gasteiger partial charge in [-0.1, -0.05) is 38.4 Å². The fourth-order valence-corrected chi connectivity index (χ4v) is 7.80. The van der Waals surface area contributed by atoms with Crippen molar-refractivity contribution in [1.29, 1.82) is 0 Å². The van der Waals surface area contributed by atoms with Crippen molar-refractivity contribution in [2.75, 3.05) is 0 Å². The number of alkyl halides is 1. The van der Waals surface area contributed by atoms with Crippen LogP contribution in [0.3, 0.4) is 0 Å². The second-order valence-electron chi connectivity index (χ2n) is 10.6. The van der Waals surface area contributed by atoms with Crippen LogP contribution in [-0.4, -0.2) is 35.2 Å². The number of esters is 1. The van der Waals surface area contributed by atoms with E-state index in [9.17, 15) is 14.7 Å². The van der Waals surface area contributed by atoms with Crippen LogP contribution in [0.25, 0.3) is 0 Å². The van der Waals surface area contributed by atoms with Gasteiger partial charge >= 0.3 is 5.97 Å². The second kappa shape index (κ2) is 7.98. The third-order valence-corrected chi connectivity index (χ3v) is 9.19. The molecule has 31 heavy (non-hydrogen) atoms. The van der Waals surface area contributed by atoms with E-state index in [4.69, 9.17) is 16.3 Å². The van der Waals surface area contributed by atoms with Crippen molar-refractivity contribution < 1.29 is 23.8 Å². The van der Waals surface area contributed by atoms with E-state index >= 15 is 4.39 Å². The highest BCUT2D eigenvalue weighted by Crippen LogP contribution is 2.66. The van der Waals surface area contributed by atoms with Gasteiger partial charge in [0.25, 0.3) is 0 Å². The summed E-state index contributed by atoms with van der Waals surface area (Å²) in [6, 6.07) is 0. The molecule has 1 unspecified atom stereocenters. The molecule has 3 fully saturated rings. The maximum absolute atomic E-state index is 15.6. The standard InChI is InChI=1S/C25H34ClFO4/c1-5-14-12-25(4)17-8-9-24(3)16(6-7-19(24)31-20(29)10-13(2)28)15(17)11-18(27)21(25)22(26)23(14)30/h12-13,15-19,28H,5-11H2,1-4H3/t13?,15-,16-,17-,18-,19+,24-,25+/m0/s1. The Kier molecular flexibility index (Phi) is 5.92. The average molecular weight is 453 g/mol. The summed E-state index contributed by atoms with van der Waals surface area (Å²) in [5.74, 6) is 0.0746. The first-order chi connectivity index (χ1) is 14.5. The Morgan fingerprint density at radius 1 is 1.32 bits per heavy atom. The average Bonchev–Trinajstić information content (AvgIpc) is 3.00. The number of hydrogen-bond donors (Lipinski definition) is 1. The first kappa shape index (κ1) is 23.0. The van der Waals surface area contributed by atoms with E-state index in [0.717, 1.165) is 25.7 Å². The zero-order valence-electron chi connectivity index (χ0n) is 18.9. The molecule has 0 amide bonds. The third kappa shape index (κ3) is 3.51. The van der Waals surface area contributed by atoms with Gasteiger partial charge in [-0.2, -0.15) is 0 Å². The molecule has 4 aliphatic carbocycles. The molecule has 0 radical (unpaired) electrons. The van der Waals surface area contributed by atoms with Gasteiger partial charge in [0.15, 0.2) is 5.78 Å². The molecule has 0 aromatic rings. The van der Waals surface area contributed by atoms with Crippen LogP contribution < -0.4 is 0 Å². The van der Waals surface area contributed by atoms with Gasteiger partial charge in [0, 0.05) is 10.8 Å². The first-order valence-corrected chi connectivity index (χ1v) is 12.1. The lowest BCUT2D eigenvalue weighted by molar-refractivity contribution is -0.161. The van der Waals surface area contributed by atoms with E-state index in [1.807, 2.05) is 13.0 Å². The Labute approximate surface area is 189 Å². The smallest absolute Gasteiger partial charge is 0.308 e. The van der Waals surface area contributed by atoms with Crippen LogP contribution in [-0.2, 0) is 14.3 Å². The number of hydrogen-bond acceptors (Lipinski definition) is 4. The van der Waals surface area contributed by atoms with E-state index in [2.05, 4.69) is 13.8 Å². The Morgan fingerprint density at radius 3 is 2.68 bits per heavy atom. The minimum atomic E-state index is -1.23. The molecule has 0 aromatic carbocycles. The van der Waals surface area contributed by atoms with Crippen LogP contribution in [0.5, 0.6) is 0 Å². The minimum Gasteiger partial charge on any atom is -0.462 e. The van der Waals surface area contributed by atoms with Crippen LogP contribution in [0.4, 0.5) is 4.39 Å². The van der Waals surface area contributed by atoms with Gasteiger partial charge in [-0.3, -0.25) is 9.59 Å². The molecule has 0 saturated heterocycles. The Bertz CT molecular complexity index is 848. The van der Waals surface area contributed by atoms with Crippen molar-refractivity contribution in [3.63, 3.8) is 0 Å². The number of aliphatic hydroxyl groups is 1. The molecule has 0 aromatic heterocycles. The number of carbonyl (C=O) groups excluding carboxylic acids is 2. The van der Waals surface area contributed by atoms with Gasteiger partial charge in [-0.25, -0.2) is 4.39 Å². The fraction of sp³-hybridized carbons (Fsp3) is 0.760. The van der Waals surface area contributed by atoms with E-state index in [-0.39, 0.29) is 52.5 Å². The normalized spacial score (nSPS) is 43.0. The van der Waals surface area contributed by atoms with Gasteiger partial charge in [0.1, 0.15) is 12.3 Å². The van der Waals surface area contributed by atoms with E-state index < -0.39 is 17.7 Å². The predicted octanol–water partition coefficient (Wildman–Crippen LogP) is 5.27. The number of halogens is 2. The van der Waals surface area contributed by atoms with Gasteiger partial charge < -0.3 is 9.84 Å². The Morgan fingerprint density at radius 2 is 2.03 bits per heavy atom. The zero-order chi connectivity index (χ0) is 22.7. The topological polar surface area (TPSA) is 63.6 Å². The number of aliphatic hydroxyl groups excluding tert-OH is 1. The molecule has 4 aliphatic rings. The Hall–Kier alpha value is -1.20. The number of carbonyl (C=O) groups is 2.